The van der Waals surface area contributed by atoms with Crippen LogP contribution in [-0.2, 0) is 17.8 Å². The molecule has 0 atom stereocenters. The van der Waals surface area contributed by atoms with Gasteiger partial charge in [0.15, 0.2) is 0 Å². The van der Waals surface area contributed by atoms with Crippen LogP contribution in [0.4, 0.5) is 10.1 Å². The second-order valence-corrected chi connectivity index (χ2v) is 7.24. The van der Waals surface area contributed by atoms with Crippen LogP contribution in [0.3, 0.4) is 0 Å². The predicted octanol–water partition coefficient (Wildman–Crippen LogP) is 3.80. The van der Waals surface area contributed by atoms with Crippen LogP contribution < -0.4 is 5.32 Å². The van der Waals surface area contributed by atoms with Crippen molar-refractivity contribution in [1.82, 2.24) is 9.80 Å². The van der Waals surface area contributed by atoms with E-state index in [1.165, 1.54) is 17.7 Å². The largest absolute Gasteiger partial charge is 0.326 e. The van der Waals surface area contributed by atoms with E-state index >= 15 is 0 Å². The fourth-order valence-corrected chi connectivity index (χ4v) is 3.51. The van der Waals surface area contributed by atoms with Gasteiger partial charge in [0, 0.05) is 49.0 Å². The lowest BCUT2D eigenvalue weighted by Crippen LogP contribution is -2.45. The number of piperazine rings is 1. The number of anilines is 1. The molecule has 4 nitrogen and oxygen atoms in total. The topological polar surface area (TPSA) is 35.6 Å². The molecule has 0 aliphatic carbocycles. The van der Waals surface area contributed by atoms with Crippen molar-refractivity contribution in [3.63, 3.8) is 0 Å². The van der Waals surface area contributed by atoms with Gasteiger partial charge in [-0.3, -0.25) is 9.69 Å². The van der Waals surface area contributed by atoms with Crippen LogP contribution in [0.5, 0.6) is 0 Å². The maximum atomic E-state index is 13.8. The Kier molecular flexibility index (Phi) is 6.83. The van der Waals surface area contributed by atoms with Crippen molar-refractivity contribution in [2.45, 2.75) is 19.9 Å². The second-order valence-electron chi connectivity index (χ2n) is 6.83. The zero-order chi connectivity index (χ0) is 19.2. The van der Waals surface area contributed by atoms with E-state index in [9.17, 15) is 9.18 Å². The Labute approximate surface area is 164 Å². The molecule has 1 heterocycles. The highest BCUT2D eigenvalue weighted by molar-refractivity contribution is 6.31. The molecule has 0 unspecified atom stereocenters. The number of nitrogens with zero attached hydrogens (tertiary/aromatic N) is 2. The first-order valence-corrected chi connectivity index (χ1v) is 9.69. The lowest BCUT2D eigenvalue weighted by molar-refractivity contribution is -0.115. The minimum Gasteiger partial charge on any atom is -0.326 e. The average molecular weight is 390 g/mol. The van der Waals surface area contributed by atoms with Gasteiger partial charge < -0.3 is 10.2 Å². The zero-order valence-electron chi connectivity index (χ0n) is 15.5. The Balaban J connectivity index is 1.52. The molecule has 3 rings (SSSR count). The first-order valence-electron chi connectivity index (χ1n) is 9.31. The molecule has 144 valence electrons. The highest BCUT2D eigenvalue weighted by Gasteiger charge is 2.16. The summed E-state index contributed by atoms with van der Waals surface area (Å²) in [6.45, 7) is 8.61. The van der Waals surface area contributed by atoms with Crippen molar-refractivity contribution in [1.29, 1.82) is 0 Å². The molecule has 1 saturated heterocycles. The van der Waals surface area contributed by atoms with Gasteiger partial charge in [-0.1, -0.05) is 36.7 Å². The van der Waals surface area contributed by atoms with Gasteiger partial charge in [-0.05, 0) is 36.4 Å². The van der Waals surface area contributed by atoms with Crippen LogP contribution in [0.25, 0.3) is 0 Å². The number of hydrogen-bond donors (Lipinski definition) is 1. The average Bonchev–Trinajstić information content (AvgIpc) is 2.67. The van der Waals surface area contributed by atoms with Crippen molar-refractivity contribution in [3.05, 3.63) is 64.4 Å². The molecular weight excluding hydrogens is 365 g/mol. The standard InChI is InChI=1S/C21H25ClFN3O/c1-2-25-10-12-26(13-11-25)15-16-6-8-17(9-7-16)24-21(27)14-18-19(22)4-3-5-20(18)23/h3-9H,2,10-15H2,1H3,(H,24,27). The van der Waals surface area contributed by atoms with Crippen LogP contribution in [0, 0.1) is 5.82 Å². The molecule has 27 heavy (non-hydrogen) atoms. The van der Waals surface area contributed by atoms with Gasteiger partial charge in [0.1, 0.15) is 5.82 Å². The van der Waals surface area contributed by atoms with Crippen molar-refractivity contribution < 1.29 is 9.18 Å². The van der Waals surface area contributed by atoms with E-state index in [1.807, 2.05) is 24.3 Å². The number of nitrogens with one attached hydrogen (secondary N) is 1. The third-order valence-corrected chi connectivity index (χ3v) is 5.31. The SMILES string of the molecule is CCN1CCN(Cc2ccc(NC(=O)Cc3c(F)cccc3Cl)cc2)CC1. The first-order chi connectivity index (χ1) is 13.0. The Morgan fingerprint density at radius 1 is 1.07 bits per heavy atom. The Morgan fingerprint density at radius 3 is 2.37 bits per heavy atom. The van der Waals surface area contributed by atoms with Gasteiger partial charge >= 0.3 is 0 Å². The van der Waals surface area contributed by atoms with E-state index in [0.717, 1.165) is 39.3 Å². The van der Waals surface area contributed by atoms with E-state index in [1.54, 1.807) is 6.07 Å². The van der Waals surface area contributed by atoms with Crippen molar-refractivity contribution in [2.24, 2.45) is 0 Å². The summed E-state index contributed by atoms with van der Waals surface area (Å²) in [5.41, 5.74) is 2.14. The second kappa shape index (κ2) is 9.31. The summed E-state index contributed by atoms with van der Waals surface area (Å²) in [4.78, 5) is 17.1. The molecule has 2 aromatic rings. The van der Waals surface area contributed by atoms with Gasteiger partial charge in [-0.25, -0.2) is 4.39 Å². The first kappa shape index (κ1) is 19.8. The number of rotatable bonds is 6. The molecule has 1 aliphatic rings. The quantitative estimate of drug-likeness (QED) is 0.816. The smallest absolute Gasteiger partial charge is 0.228 e. The zero-order valence-corrected chi connectivity index (χ0v) is 16.3. The molecule has 2 aromatic carbocycles. The van der Waals surface area contributed by atoms with Crippen molar-refractivity contribution >= 4 is 23.2 Å². The van der Waals surface area contributed by atoms with Crippen molar-refractivity contribution in [2.75, 3.05) is 38.0 Å². The summed E-state index contributed by atoms with van der Waals surface area (Å²) in [7, 11) is 0. The fraction of sp³-hybridized carbons (Fsp3) is 0.381. The van der Waals surface area contributed by atoms with E-state index in [4.69, 9.17) is 11.6 Å². The molecule has 0 spiro atoms. The minimum atomic E-state index is -0.462. The third kappa shape index (κ3) is 5.51. The van der Waals surface area contributed by atoms with Gasteiger partial charge in [-0.2, -0.15) is 0 Å². The van der Waals surface area contributed by atoms with Gasteiger partial charge in [0.05, 0.1) is 6.42 Å². The van der Waals surface area contributed by atoms with Crippen molar-refractivity contribution in [3.8, 4) is 0 Å². The van der Waals surface area contributed by atoms with E-state index in [0.29, 0.717) is 5.69 Å². The predicted molar refractivity (Wildman–Crippen MR) is 108 cm³/mol. The molecule has 1 N–H and O–H groups in total. The minimum absolute atomic E-state index is 0.0883. The normalized spacial score (nSPS) is 15.7. The molecule has 0 radical (unpaired) electrons. The number of benzene rings is 2. The van der Waals surface area contributed by atoms with Crippen LogP contribution >= 0.6 is 11.6 Å². The molecule has 1 fully saturated rings. The highest BCUT2D eigenvalue weighted by Crippen LogP contribution is 2.20. The summed E-state index contributed by atoms with van der Waals surface area (Å²) in [6, 6.07) is 12.2. The summed E-state index contributed by atoms with van der Waals surface area (Å²) in [6.07, 6.45) is -0.0883. The number of halogens is 2. The summed E-state index contributed by atoms with van der Waals surface area (Å²) in [5, 5.41) is 3.07. The maximum Gasteiger partial charge on any atom is 0.228 e. The number of carbonyl (C=O) groups is 1. The molecule has 0 saturated carbocycles. The molecule has 1 amide bonds. The van der Waals surface area contributed by atoms with E-state index in [2.05, 4.69) is 22.0 Å². The van der Waals surface area contributed by atoms with Gasteiger partial charge in [-0.15, -0.1) is 0 Å². The monoisotopic (exact) mass is 389 g/mol. The van der Waals surface area contributed by atoms with Crippen LogP contribution in [0.2, 0.25) is 5.02 Å². The Morgan fingerprint density at radius 2 is 1.74 bits per heavy atom. The van der Waals surface area contributed by atoms with Gasteiger partial charge in [0.2, 0.25) is 5.91 Å². The van der Waals surface area contributed by atoms with Crippen LogP contribution in [0.15, 0.2) is 42.5 Å². The van der Waals surface area contributed by atoms with Crippen LogP contribution in [0.1, 0.15) is 18.1 Å². The Bertz CT molecular complexity index is 753. The molecule has 6 heteroatoms. The number of likely N-dealkylation sites (N-methyl/N-ethyl adjacent to an activating group) is 1. The summed E-state index contributed by atoms with van der Waals surface area (Å²) < 4.78 is 13.8. The highest BCUT2D eigenvalue weighted by atomic mass is 35.5. The Hall–Kier alpha value is -1.95. The lowest BCUT2D eigenvalue weighted by atomic mass is 10.1. The number of amides is 1. The van der Waals surface area contributed by atoms with E-state index in [-0.39, 0.29) is 22.9 Å². The number of carbonyl (C=O) groups excluding carboxylic acids is 1. The molecule has 0 aromatic heterocycles. The molecule has 0 bridgehead atoms. The fourth-order valence-electron chi connectivity index (χ4n) is 3.28. The third-order valence-electron chi connectivity index (χ3n) is 4.96. The van der Waals surface area contributed by atoms with Crippen LogP contribution in [-0.4, -0.2) is 48.4 Å². The van der Waals surface area contributed by atoms with E-state index < -0.39 is 5.82 Å². The molecular formula is C21H25ClFN3O. The number of hydrogen-bond acceptors (Lipinski definition) is 3. The van der Waals surface area contributed by atoms with Gasteiger partial charge in [0.25, 0.3) is 0 Å². The maximum absolute atomic E-state index is 13.8. The lowest BCUT2D eigenvalue weighted by Gasteiger charge is -2.34. The molecule has 1 aliphatic heterocycles. The summed E-state index contributed by atoms with van der Waals surface area (Å²) in [5.74, 6) is -0.749. The summed E-state index contributed by atoms with van der Waals surface area (Å²) >= 11 is 5.98.